The lowest BCUT2D eigenvalue weighted by Crippen LogP contribution is -2.37. The lowest BCUT2D eigenvalue weighted by Gasteiger charge is -2.17. The summed E-state index contributed by atoms with van der Waals surface area (Å²) in [5.74, 6) is 0.0408. The minimum Gasteiger partial charge on any atom is -0.490 e. The number of esters is 1. The van der Waals surface area contributed by atoms with Gasteiger partial charge in [-0.3, -0.25) is 4.79 Å². The lowest BCUT2D eigenvalue weighted by atomic mass is 10.1. The molecular weight excluding hydrogens is 322 g/mol. The Morgan fingerprint density at radius 1 is 0.960 bits per heavy atom. The molecule has 0 aliphatic rings. The van der Waals surface area contributed by atoms with E-state index in [1.807, 2.05) is 19.1 Å². The van der Waals surface area contributed by atoms with Gasteiger partial charge in [0.2, 0.25) is 0 Å². The lowest BCUT2D eigenvalue weighted by molar-refractivity contribution is -0.145. The second-order valence-electron chi connectivity index (χ2n) is 5.10. The maximum absolute atomic E-state index is 12.2. The molecule has 2 rings (SSSR count). The standard InChI is InChI=1S/C19H21NO5/c1-3-24-15-11-7-8-12-16(15)25-13-17(21)20-18(19(22)23-2)14-9-5-4-6-10-14/h4-12,18H,3,13H2,1-2H3,(H,20,21)/t18-/m1/s1. The van der Waals surface area contributed by atoms with Crippen LogP contribution in [0.1, 0.15) is 18.5 Å². The molecule has 0 aliphatic carbocycles. The quantitative estimate of drug-likeness (QED) is 0.746. The monoisotopic (exact) mass is 343 g/mol. The van der Waals surface area contributed by atoms with Crippen LogP contribution in [0.3, 0.4) is 0 Å². The molecule has 6 heteroatoms. The summed E-state index contributed by atoms with van der Waals surface area (Å²) in [7, 11) is 1.28. The number of methoxy groups -OCH3 is 1. The second-order valence-corrected chi connectivity index (χ2v) is 5.10. The van der Waals surface area contributed by atoms with E-state index >= 15 is 0 Å². The first-order valence-electron chi connectivity index (χ1n) is 7.92. The number of para-hydroxylation sites is 2. The Hall–Kier alpha value is -3.02. The predicted octanol–water partition coefficient (Wildman–Crippen LogP) is 2.49. The van der Waals surface area contributed by atoms with Gasteiger partial charge in [-0.05, 0) is 24.6 Å². The number of rotatable bonds is 8. The molecular formula is C19H21NO5. The molecule has 1 amide bonds. The van der Waals surface area contributed by atoms with Gasteiger partial charge in [-0.2, -0.15) is 0 Å². The maximum atomic E-state index is 12.2. The molecule has 0 saturated carbocycles. The molecule has 0 fully saturated rings. The van der Waals surface area contributed by atoms with Crippen LogP contribution in [0.15, 0.2) is 54.6 Å². The van der Waals surface area contributed by atoms with Gasteiger partial charge in [0.15, 0.2) is 24.1 Å². The summed E-state index contributed by atoms with van der Waals surface area (Å²) in [4.78, 5) is 24.2. The number of hydrogen-bond donors (Lipinski definition) is 1. The molecule has 0 spiro atoms. The van der Waals surface area contributed by atoms with Gasteiger partial charge in [-0.1, -0.05) is 42.5 Å². The maximum Gasteiger partial charge on any atom is 0.333 e. The van der Waals surface area contributed by atoms with Gasteiger partial charge in [0.25, 0.3) is 5.91 Å². The number of carbonyl (C=O) groups is 2. The van der Waals surface area contributed by atoms with Crippen LogP contribution in [0, 0.1) is 0 Å². The van der Waals surface area contributed by atoms with Crippen molar-refractivity contribution < 1.29 is 23.8 Å². The minimum absolute atomic E-state index is 0.246. The smallest absolute Gasteiger partial charge is 0.333 e. The van der Waals surface area contributed by atoms with Crippen LogP contribution in [-0.2, 0) is 14.3 Å². The first-order valence-corrected chi connectivity index (χ1v) is 7.92. The van der Waals surface area contributed by atoms with Crippen molar-refractivity contribution in [2.45, 2.75) is 13.0 Å². The average molecular weight is 343 g/mol. The third-order valence-corrected chi connectivity index (χ3v) is 3.38. The first kappa shape index (κ1) is 18.3. The number of amides is 1. The van der Waals surface area contributed by atoms with Gasteiger partial charge in [-0.15, -0.1) is 0 Å². The van der Waals surface area contributed by atoms with E-state index in [4.69, 9.17) is 14.2 Å². The molecule has 0 unspecified atom stereocenters. The third-order valence-electron chi connectivity index (χ3n) is 3.38. The molecule has 0 aromatic heterocycles. The Bertz CT molecular complexity index is 702. The molecule has 0 aliphatic heterocycles. The summed E-state index contributed by atoms with van der Waals surface area (Å²) >= 11 is 0. The summed E-state index contributed by atoms with van der Waals surface area (Å²) in [5.41, 5.74) is 0.636. The summed E-state index contributed by atoms with van der Waals surface area (Å²) < 4.78 is 15.7. The number of hydrogen-bond acceptors (Lipinski definition) is 5. The molecule has 6 nitrogen and oxygen atoms in total. The normalized spacial score (nSPS) is 11.3. The molecule has 0 radical (unpaired) electrons. The largest absolute Gasteiger partial charge is 0.490 e. The van der Waals surface area contributed by atoms with Gasteiger partial charge >= 0.3 is 5.97 Å². The van der Waals surface area contributed by atoms with Crippen molar-refractivity contribution in [3.63, 3.8) is 0 Å². The van der Waals surface area contributed by atoms with Gasteiger partial charge in [0.1, 0.15) is 0 Å². The second kappa shape index (κ2) is 9.32. The molecule has 25 heavy (non-hydrogen) atoms. The van der Waals surface area contributed by atoms with Crippen molar-refractivity contribution in [3.05, 3.63) is 60.2 Å². The van der Waals surface area contributed by atoms with Crippen LogP contribution < -0.4 is 14.8 Å². The van der Waals surface area contributed by atoms with E-state index in [-0.39, 0.29) is 6.61 Å². The zero-order valence-electron chi connectivity index (χ0n) is 14.2. The van der Waals surface area contributed by atoms with Crippen molar-refractivity contribution >= 4 is 11.9 Å². The summed E-state index contributed by atoms with van der Waals surface area (Å²) in [6.45, 7) is 2.11. The Morgan fingerprint density at radius 2 is 1.56 bits per heavy atom. The number of carbonyl (C=O) groups excluding carboxylic acids is 2. The fourth-order valence-electron chi connectivity index (χ4n) is 2.23. The van der Waals surface area contributed by atoms with Gasteiger partial charge < -0.3 is 19.5 Å². The fourth-order valence-corrected chi connectivity index (χ4v) is 2.23. The molecule has 0 saturated heterocycles. The van der Waals surface area contributed by atoms with Crippen LogP contribution in [0.5, 0.6) is 11.5 Å². The summed E-state index contributed by atoms with van der Waals surface area (Å²) in [5, 5.41) is 2.63. The molecule has 2 aromatic rings. The van der Waals surface area contributed by atoms with Crippen LogP contribution in [0.2, 0.25) is 0 Å². The van der Waals surface area contributed by atoms with E-state index in [1.165, 1.54) is 7.11 Å². The van der Waals surface area contributed by atoms with Crippen LogP contribution >= 0.6 is 0 Å². The van der Waals surface area contributed by atoms with Gasteiger partial charge in [0, 0.05) is 0 Å². The number of ether oxygens (including phenoxy) is 3. The molecule has 1 N–H and O–H groups in total. The van der Waals surface area contributed by atoms with Crippen LogP contribution in [-0.4, -0.2) is 32.2 Å². The Balaban J connectivity index is 2.01. The van der Waals surface area contributed by atoms with Crippen molar-refractivity contribution in [1.29, 1.82) is 0 Å². The highest BCUT2D eigenvalue weighted by atomic mass is 16.5. The van der Waals surface area contributed by atoms with Gasteiger partial charge in [-0.25, -0.2) is 4.79 Å². The SMILES string of the molecule is CCOc1ccccc1OCC(=O)N[C@@H](C(=O)OC)c1ccccc1. The predicted molar refractivity (Wildman–Crippen MR) is 92.4 cm³/mol. The minimum atomic E-state index is -0.885. The van der Waals surface area contributed by atoms with Crippen molar-refractivity contribution in [1.82, 2.24) is 5.32 Å². The topological polar surface area (TPSA) is 73.9 Å². The van der Waals surface area contributed by atoms with E-state index < -0.39 is 17.9 Å². The van der Waals surface area contributed by atoms with Gasteiger partial charge in [0.05, 0.1) is 13.7 Å². The molecule has 1 atom stereocenters. The number of benzene rings is 2. The van der Waals surface area contributed by atoms with E-state index in [2.05, 4.69) is 5.32 Å². The summed E-state index contributed by atoms with van der Waals surface area (Å²) in [6, 6.07) is 15.1. The first-order chi connectivity index (χ1) is 12.2. The highest BCUT2D eigenvalue weighted by Crippen LogP contribution is 2.26. The summed E-state index contributed by atoms with van der Waals surface area (Å²) in [6.07, 6.45) is 0. The van der Waals surface area contributed by atoms with E-state index in [9.17, 15) is 9.59 Å². The number of nitrogens with one attached hydrogen (secondary N) is 1. The molecule has 0 bridgehead atoms. The van der Waals surface area contributed by atoms with Crippen LogP contribution in [0.25, 0.3) is 0 Å². The zero-order chi connectivity index (χ0) is 18.1. The van der Waals surface area contributed by atoms with E-state index in [0.29, 0.717) is 23.7 Å². The van der Waals surface area contributed by atoms with E-state index in [1.54, 1.807) is 42.5 Å². The van der Waals surface area contributed by atoms with Crippen LogP contribution in [0.4, 0.5) is 0 Å². The van der Waals surface area contributed by atoms with Crippen molar-refractivity contribution in [3.8, 4) is 11.5 Å². The molecule has 132 valence electrons. The molecule has 2 aromatic carbocycles. The zero-order valence-corrected chi connectivity index (χ0v) is 14.2. The average Bonchev–Trinajstić information content (AvgIpc) is 2.65. The highest BCUT2D eigenvalue weighted by Gasteiger charge is 2.23. The fraction of sp³-hybridized carbons (Fsp3) is 0.263. The third kappa shape index (κ3) is 5.24. The van der Waals surface area contributed by atoms with Crippen molar-refractivity contribution in [2.75, 3.05) is 20.3 Å². The Labute approximate surface area is 146 Å². The highest BCUT2D eigenvalue weighted by molar-refractivity contribution is 5.86. The molecule has 0 heterocycles. The van der Waals surface area contributed by atoms with E-state index in [0.717, 1.165) is 0 Å². The van der Waals surface area contributed by atoms with Crippen molar-refractivity contribution in [2.24, 2.45) is 0 Å². The Morgan fingerprint density at radius 3 is 2.16 bits per heavy atom. The Kier molecular flexibility index (Phi) is 6.83.